The number of halogens is 1. The summed E-state index contributed by atoms with van der Waals surface area (Å²) in [7, 11) is 0. The topological polar surface area (TPSA) is 51.0 Å². The van der Waals surface area contributed by atoms with Gasteiger partial charge in [0.05, 0.1) is 15.4 Å². The third kappa shape index (κ3) is 2.18. The van der Waals surface area contributed by atoms with Crippen molar-refractivity contribution in [2.24, 2.45) is 0 Å². The maximum Gasteiger partial charge on any atom is 0.165 e. The van der Waals surface area contributed by atoms with Crippen molar-refractivity contribution in [3.8, 4) is 11.4 Å². The van der Waals surface area contributed by atoms with Crippen molar-refractivity contribution in [1.29, 1.82) is 0 Å². The van der Waals surface area contributed by atoms with E-state index in [1.54, 1.807) is 6.26 Å². The van der Waals surface area contributed by atoms with Crippen LogP contribution in [0.25, 0.3) is 11.4 Å². The zero-order chi connectivity index (χ0) is 11.5. The van der Waals surface area contributed by atoms with Gasteiger partial charge >= 0.3 is 0 Å². The van der Waals surface area contributed by atoms with Crippen LogP contribution in [0.15, 0.2) is 22.9 Å². The van der Waals surface area contributed by atoms with E-state index in [0.717, 1.165) is 27.3 Å². The van der Waals surface area contributed by atoms with Crippen LogP contribution in [0.2, 0.25) is 0 Å². The van der Waals surface area contributed by atoms with Gasteiger partial charge in [-0.05, 0) is 42.5 Å². The molecular weight excluding hydrogens is 317 g/mol. The standard InChI is InChI=1S/C11H12IN3O/c1-3-13-11-9(12)6-14-10(15-11)8-4-5-16-7(8)2/h4-6H,3H2,1-2H3,(H,13,14,15). The minimum atomic E-state index is 0.697. The third-order valence-electron chi connectivity index (χ3n) is 2.19. The Labute approximate surface area is 108 Å². The molecule has 0 saturated carbocycles. The van der Waals surface area contributed by atoms with Gasteiger partial charge in [0.2, 0.25) is 0 Å². The molecule has 0 aromatic carbocycles. The van der Waals surface area contributed by atoms with Crippen molar-refractivity contribution in [2.75, 3.05) is 11.9 Å². The molecule has 0 aliphatic rings. The lowest BCUT2D eigenvalue weighted by Gasteiger charge is -2.06. The van der Waals surface area contributed by atoms with Gasteiger partial charge in [-0.25, -0.2) is 9.97 Å². The monoisotopic (exact) mass is 329 g/mol. The molecule has 2 aromatic heterocycles. The van der Waals surface area contributed by atoms with Crippen molar-refractivity contribution in [3.63, 3.8) is 0 Å². The van der Waals surface area contributed by atoms with Crippen LogP contribution in [0.3, 0.4) is 0 Å². The van der Waals surface area contributed by atoms with E-state index >= 15 is 0 Å². The first-order chi connectivity index (χ1) is 7.72. The number of aromatic nitrogens is 2. The lowest BCUT2D eigenvalue weighted by Crippen LogP contribution is -2.03. The van der Waals surface area contributed by atoms with Gasteiger partial charge in [0.25, 0.3) is 0 Å². The Morgan fingerprint density at radius 2 is 2.31 bits per heavy atom. The molecule has 2 rings (SSSR count). The minimum Gasteiger partial charge on any atom is -0.469 e. The zero-order valence-electron chi connectivity index (χ0n) is 9.12. The van der Waals surface area contributed by atoms with E-state index < -0.39 is 0 Å². The van der Waals surface area contributed by atoms with Gasteiger partial charge in [-0.1, -0.05) is 0 Å². The first-order valence-electron chi connectivity index (χ1n) is 5.03. The van der Waals surface area contributed by atoms with Gasteiger partial charge in [0.1, 0.15) is 11.6 Å². The molecule has 84 valence electrons. The van der Waals surface area contributed by atoms with Crippen molar-refractivity contribution in [1.82, 2.24) is 9.97 Å². The molecule has 5 heteroatoms. The Kier molecular flexibility index (Phi) is 3.42. The molecule has 4 nitrogen and oxygen atoms in total. The Balaban J connectivity index is 2.43. The van der Waals surface area contributed by atoms with E-state index in [1.807, 2.05) is 26.1 Å². The van der Waals surface area contributed by atoms with Crippen molar-refractivity contribution in [3.05, 3.63) is 27.9 Å². The van der Waals surface area contributed by atoms with Gasteiger partial charge < -0.3 is 9.73 Å². The molecule has 2 heterocycles. The number of hydrogen-bond donors (Lipinski definition) is 1. The van der Waals surface area contributed by atoms with Crippen LogP contribution in [-0.2, 0) is 0 Å². The normalized spacial score (nSPS) is 10.4. The van der Waals surface area contributed by atoms with Crippen molar-refractivity contribution in [2.45, 2.75) is 13.8 Å². The fourth-order valence-electron chi connectivity index (χ4n) is 1.41. The minimum absolute atomic E-state index is 0.697. The average Bonchev–Trinajstić information content (AvgIpc) is 2.68. The fourth-order valence-corrected chi connectivity index (χ4v) is 1.86. The van der Waals surface area contributed by atoms with Gasteiger partial charge in [-0.2, -0.15) is 0 Å². The summed E-state index contributed by atoms with van der Waals surface area (Å²) in [4.78, 5) is 8.78. The Morgan fingerprint density at radius 3 is 2.94 bits per heavy atom. The van der Waals surface area contributed by atoms with Crippen LogP contribution in [0.1, 0.15) is 12.7 Å². The summed E-state index contributed by atoms with van der Waals surface area (Å²) in [6.45, 7) is 4.79. The maximum absolute atomic E-state index is 5.25. The largest absolute Gasteiger partial charge is 0.469 e. The summed E-state index contributed by atoms with van der Waals surface area (Å²) in [5.41, 5.74) is 0.940. The Bertz CT molecular complexity index is 496. The van der Waals surface area contributed by atoms with Crippen LogP contribution in [0, 0.1) is 10.5 Å². The summed E-state index contributed by atoms with van der Waals surface area (Å²) >= 11 is 2.22. The summed E-state index contributed by atoms with van der Waals surface area (Å²) in [5, 5.41) is 3.21. The van der Waals surface area contributed by atoms with Crippen LogP contribution >= 0.6 is 22.6 Å². The van der Waals surface area contributed by atoms with E-state index in [-0.39, 0.29) is 0 Å². The number of nitrogens with one attached hydrogen (secondary N) is 1. The predicted octanol–water partition coefficient (Wildman–Crippen LogP) is 3.08. The second-order valence-electron chi connectivity index (χ2n) is 3.31. The lowest BCUT2D eigenvalue weighted by molar-refractivity contribution is 0.535. The van der Waals surface area contributed by atoms with Gasteiger partial charge in [0.15, 0.2) is 5.82 Å². The summed E-state index contributed by atoms with van der Waals surface area (Å²) in [6.07, 6.45) is 3.46. The molecule has 0 aliphatic heterocycles. The second-order valence-corrected chi connectivity index (χ2v) is 4.47. The number of nitrogens with zero attached hydrogens (tertiary/aromatic N) is 2. The van der Waals surface area contributed by atoms with E-state index in [2.05, 4.69) is 37.9 Å². The van der Waals surface area contributed by atoms with Gasteiger partial charge in [-0.15, -0.1) is 0 Å². The number of furan rings is 1. The molecule has 2 aromatic rings. The molecule has 0 bridgehead atoms. The summed E-state index contributed by atoms with van der Waals surface area (Å²) < 4.78 is 6.26. The molecule has 0 saturated heterocycles. The van der Waals surface area contributed by atoms with Crippen molar-refractivity contribution >= 4 is 28.4 Å². The van der Waals surface area contributed by atoms with Gasteiger partial charge in [-0.3, -0.25) is 0 Å². The predicted molar refractivity (Wildman–Crippen MR) is 71.4 cm³/mol. The lowest BCUT2D eigenvalue weighted by atomic mass is 10.2. The molecule has 0 amide bonds. The average molecular weight is 329 g/mol. The molecule has 16 heavy (non-hydrogen) atoms. The quantitative estimate of drug-likeness (QED) is 0.880. The molecule has 1 N–H and O–H groups in total. The third-order valence-corrected chi connectivity index (χ3v) is 2.98. The molecule has 0 radical (unpaired) electrons. The highest BCUT2D eigenvalue weighted by Gasteiger charge is 2.10. The maximum atomic E-state index is 5.25. The van der Waals surface area contributed by atoms with Gasteiger partial charge in [0, 0.05) is 12.7 Å². The smallest absolute Gasteiger partial charge is 0.165 e. The van der Waals surface area contributed by atoms with Crippen molar-refractivity contribution < 1.29 is 4.42 Å². The highest BCUT2D eigenvalue weighted by Crippen LogP contribution is 2.23. The van der Waals surface area contributed by atoms with E-state index in [1.165, 1.54) is 0 Å². The van der Waals surface area contributed by atoms with Crippen LogP contribution < -0.4 is 5.32 Å². The molecule has 0 unspecified atom stereocenters. The number of hydrogen-bond acceptors (Lipinski definition) is 4. The van der Waals surface area contributed by atoms with E-state index in [9.17, 15) is 0 Å². The molecule has 0 spiro atoms. The molecule has 0 atom stereocenters. The fraction of sp³-hybridized carbons (Fsp3) is 0.273. The first kappa shape index (κ1) is 11.4. The van der Waals surface area contributed by atoms with Crippen LogP contribution in [0.4, 0.5) is 5.82 Å². The van der Waals surface area contributed by atoms with E-state index in [0.29, 0.717) is 5.82 Å². The number of aryl methyl sites for hydroxylation is 1. The highest BCUT2D eigenvalue weighted by molar-refractivity contribution is 14.1. The van der Waals surface area contributed by atoms with E-state index in [4.69, 9.17) is 4.42 Å². The number of anilines is 1. The van der Waals surface area contributed by atoms with Crippen LogP contribution in [0.5, 0.6) is 0 Å². The summed E-state index contributed by atoms with van der Waals surface area (Å²) in [6, 6.07) is 1.88. The second kappa shape index (κ2) is 4.82. The zero-order valence-corrected chi connectivity index (χ0v) is 11.3. The molecular formula is C11H12IN3O. The molecule has 0 fully saturated rings. The van der Waals surface area contributed by atoms with Crippen LogP contribution in [-0.4, -0.2) is 16.5 Å². The Hall–Kier alpha value is -1.11. The highest BCUT2D eigenvalue weighted by atomic mass is 127. The Morgan fingerprint density at radius 1 is 1.50 bits per heavy atom. The summed E-state index contributed by atoms with van der Waals surface area (Å²) in [5.74, 6) is 2.40. The first-order valence-corrected chi connectivity index (χ1v) is 6.11. The molecule has 0 aliphatic carbocycles. The SMILES string of the molecule is CCNc1nc(-c2ccoc2C)ncc1I. The number of rotatable bonds is 3.